The van der Waals surface area contributed by atoms with Gasteiger partial charge in [-0.25, -0.2) is 0 Å². The van der Waals surface area contributed by atoms with Gasteiger partial charge < -0.3 is 10.6 Å². The molecule has 0 aliphatic carbocycles. The van der Waals surface area contributed by atoms with Gasteiger partial charge in [0.2, 0.25) is 5.91 Å². The molecule has 0 radical (unpaired) electrons. The molecule has 2 atom stereocenters. The molecule has 6 heteroatoms. The second-order valence-electron chi connectivity index (χ2n) is 4.76. The molecule has 0 heterocycles. The fraction of sp³-hybridized carbons (Fsp3) is 0.500. The van der Waals surface area contributed by atoms with Crippen molar-refractivity contribution in [1.29, 1.82) is 0 Å². The Kier molecular flexibility index (Phi) is 5.56. The topological polar surface area (TPSA) is 41.1 Å². The van der Waals surface area contributed by atoms with Gasteiger partial charge in [0.1, 0.15) is 0 Å². The molecular weight excluding hydrogens is 269 g/mol. The van der Waals surface area contributed by atoms with Gasteiger partial charge in [-0.1, -0.05) is 25.1 Å². The summed E-state index contributed by atoms with van der Waals surface area (Å²) >= 11 is 0. The third-order valence-electron chi connectivity index (χ3n) is 3.23. The molecule has 112 valence electrons. The number of nitrogens with one attached hydrogen (secondary N) is 2. The summed E-state index contributed by atoms with van der Waals surface area (Å²) in [6, 6.07) is 5.06. The Morgan fingerprint density at radius 1 is 1.25 bits per heavy atom. The van der Waals surface area contributed by atoms with Crippen LogP contribution in [0.5, 0.6) is 0 Å². The number of carbonyl (C=O) groups excluding carboxylic acids is 1. The number of hydrogen-bond acceptors (Lipinski definition) is 2. The molecule has 0 fully saturated rings. The van der Waals surface area contributed by atoms with Crippen molar-refractivity contribution >= 4 is 5.91 Å². The van der Waals surface area contributed by atoms with E-state index in [4.69, 9.17) is 0 Å². The average molecular weight is 288 g/mol. The molecule has 0 aliphatic rings. The highest BCUT2D eigenvalue weighted by atomic mass is 19.4. The third-order valence-corrected chi connectivity index (χ3v) is 3.23. The van der Waals surface area contributed by atoms with E-state index in [1.807, 2.05) is 0 Å². The number of rotatable bonds is 5. The van der Waals surface area contributed by atoms with Crippen molar-refractivity contribution in [3.8, 4) is 0 Å². The maximum Gasteiger partial charge on any atom is 0.416 e. The molecule has 3 nitrogen and oxygen atoms in total. The van der Waals surface area contributed by atoms with Gasteiger partial charge in [-0.3, -0.25) is 4.79 Å². The molecule has 0 aliphatic heterocycles. The molecule has 1 amide bonds. The monoisotopic (exact) mass is 288 g/mol. The van der Waals surface area contributed by atoms with Gasteiger partial charge in [0, 0.05) is 12.0 Å². The van der Waals surface area contributed by atoms with E-state index in [2.05, 4.69) is 10.6 Å². The van der Waals surface area contributed by atoms with Crippen LogP contribution >= 0.6 is 0 Å². The first kappa shape index (κ1) is 16.5. The van der Waals surface area contributed by atoms with Crippen LogP contribution in [0.3, 0.4) is 0 Å². The van der Waals surface area contributed by atoms with E-state index in [1.165, 1.54) is 12.1 Å². The summed E-state index contributed by atoms with van der Waals surface area (Å²) in [5, 5.41) is 5.38. The largest absolute Gasteiger partial charge is 0.416 e. The molecule has 0 bridgehead atoms. The van der Waals surface area contributed by atoms with Crippen LogP contribution < -0.4 is 10.6 Å². The fourth-order valence-corrected chi connectivity index (χ4v) is 2.01. The second kappa shape index (κ2) is 6.74. The van der Waals surface area contributed by atoms with Crippen molar-refractivity contribution in [2.75, 3.05) is 13.6 Å². The SMILES string of the molecule is CNCC(=O)NC(C)C(C)c1ccccc1C(F)(F)F. The molecule has 1 rings (SSSR count). The summed E-state index contributed by atoms with van der Waals surface area (Å²) in [5.41, 5.74) is -0.459. The Bertz CT molecular complexity index is 460. The third kappa shape index (κ3) is 4.23. The molecular formula is C14H19F3N2O. The van der Waals surface area contributed by atoms with E-state index in [0.717, 1.165) is 6.07 Å². The Labute approximate surface area is 116 Å². The lowest BCUT2D eigenvalue weighted by molar-refractivity contribution is -0.138. The van der Waals surface area contributed by atoms with Crippen molar-refractivity contribution < 1.29 is 18.0 Å². The number of carbonyl (C=O) groups is 1. The Balaban J connectivity index is 2.92. The lowest BCUT2D eigenvalue weighted by Crippen LogP contribution is -2.40. The molecule has 1 aromatic rings. The van der Waals surface area contributed by atoms with Crippen molar-refractivity contribution in [3.63, 3.8) is 0 Å². The molecule has 20 heavy (non-hydrogen) atoms. The summed E-state index contributed by atoms with van der Waals surface area (Å²) < 4.78 is 38.9. The van der Waals surface area contributed by atoms with Crippen LogP contribution in [0.25, 0.3) is 0 Å². The highest BCUT2D eigenvalue weighted by Crippen LogP contribution is 2.35. The predicted molar refractivity (Wildman–Crippen MR) is 71.4 cm³/mol. The van der Waals surface area contributed by atoms with Crippen LogP contribution in [0.15, 0.2) is 24.3 Å². The fourth-order valence-electron chi connectivity index (χ4n) is 2.01. The minimum atomic E-state index is -4.39. The molecule has 0 saturated heterocycles. The normalized spacial score (nSPS) is 14.7. The van der Waals surface area contributed by atoms with Gasteiger partial charge in [0.05, 0.1) is 12.1 Å². The van der Waals surface area contributed by atoms with Crippen LogP contribution in [-0.4, -0.2) is 25.5 Å². The van der Waals surface area contributed by atoms with Gasteiger partial charge in [-0.05, 0) is 25.6 Å². The van der Waals surface area contributed by atoms with Crippen LogP contribution in [0.1, 0.15) is 30.9 Å². The number of hydrogen-bond donors (Lipinski definition) is 2. The van der Waals surface area contributed by atoms with Gasteiger partial charge >= 0.3 is 6.18 Å². The maximum absolute atomic E-state index is 13.0. The molecule has 0 aromatic heterocycles. The Hall–Kier alpha value is -1.56. The summed E-state index contributed by atoms with van der Waals surface area (Å²) in [6.07, 6.45) is -4.39. The summed E-state index contributed by atoms with van der Waals surface area (Å²) in [4.78, 5) is 11.5. The van der Waals surface area contributed by atoms with Crippen molar-refractivity contribution in [2.24, 2.45) is 0 Å². The minimum absolute atomic E-state index is 0.137. The quantitative estimate of drug-likeness (QED) is 0.874. The van der Waals surface area contributed by atoms with Gasteiger partial charge in [-0.2, -0.15) is 13.2 Å². The lowest BCUT2D eigenvalue weighted by atomic mass is 9.90. The molecule has 0 saturated carbocycles. The Morgan fingerprint density at radius 2 is 1.85 bits per heavy atom. The summed E-state index contributed by atoms with van der Waals surface area (Å²) in [7, 11) is 1.63. The zero-order chi connectivity index (χ0) is 15.3. The van der Waals surface area contributed by atoms with Gasteiger partial charge in [0.25, 0.3) is 0 Å². The van der Waals surface area contributed by atoms with E-state index in [0.29, 0.717) is 0 Å². The van der Waals surface area contributed by atoms with Crippen LogP contribution in [0.4, 0.5) is 13.2 Å². The van der Waals surface area contributed by atoms with E-state index < -0.39 is 17.7 Å². The average Bonchev–Trinajstić information content (AvgIpc) is 2.37. The zero-order valence-electron chi connectivity index (χ0n) is 11.7. The number of likely N-dealkylation sites (N-methyl/N-ethyl adjacent to an activating group) is 1. The summed E-state index contributed by atoms with van der Waals surface area (Å²) in [6.45, 7) is 3.51. The number of amides is 1. The maximum atomic E-state index is 13.0. The van der Waals surface area contributed by atoms with Crippen LogP contribution in [0, 0.1) is 0 Å². The Morgan fingerprint density at radius 3 is 2.40 bits per heavy atom. The zero-order valence-corrected chi connectivity index (χ0v) is 11.7. The number of halogens is 3. The van der Waals surface area contributed by atoms with E-state index in [9.17, 15) is 18.0 Å². The van der Waals surface area contributed by atoms with Crippen LogP contribution in [0.2, 0.25) is 0 Å². The second-order valence-corrected chi connectivity index (χ2v) is 4.76. The van der Waals surface area contributed by atoms with E-state index in [1.54, 1.807) is 27.0 Å². The molecule has 1 aromatic carbocycles. The lowest BCUT2D eigenvalue weighted by Gasteiger charge is -2.24. The number of benzene rings is 1. The van der Waals surface area contributed by atoms with Crippen molar-refractivity contribution in [3.05, 3.63) is 35.4 Å². The molecule has 2 N–H and O–H groups in total. The van der Waals surface area contributed by atoms with Gasteiger partial charge in [0.15, 0.2) is 0 Å². The smallest absolute Gasteiger partial charge is 0.352 e. The number of alkyl halides is 3. The standard InChI is InChI=1S/C14H19F3N2O/c1-9(10(2)19-13(20)8-18-3)11-6-4-5-7-12(11)14(15,16)17/h4-7,9-10,18H,8H2,1-3H3,(H,19,20). The first-order valence-corrected chi connectivity index (χ1v) is 6.37. The first-order chi connectivity index (χ1) is 9.27. The van der Waals surface area contributed by atoms with Gasteiger partial charge in [-0.15, -0.1) is 0 Å². The first-order valence-electron chi connectivity index (χ1n) is 6.37. The van der Waals surface area contributed by atoms with Crippen molar-refractivity contribution in [2.45, 2.75) is 32.0 Å². The molecule has 0 spiro atoms. The predicted octanol–water partition coefficient (Wildman–Crippen LogP) is 2.53. The van der Waals surface area contributed by atoms with E-state index >= 15 is 0 Å². The van der Waals surface area contributed by atoms with Crippen molar-refractivity contribution in [1.82, 2.24) is 10.6 Å². The summed E-state index contributed by atoms with van der Waals surface area (Å²) in [5.74, 6) is -0.676. The van der Waals surface area contributed by atoms with Crippen LogP contribution in [-0.2, 0) is 11.0 Å². The molecule has 2 unspecified atom stereocenters. The highest BCUT2D eigenvalue weighted by Gasteiger charge is 2.35. The minimum Gasteiger partial charge on any atom is -0.352 e. The highest BCUT2D eigenvalue weighted by molar-refractivity contribution is 5.78. The van der Waals surface area contributed by atoms with E-state index in [-0.39, 0.29) is 24.1 Å².